The quantitative estimate of drug-likeness (QED) is 0.914. The van der Waals surface area contributed by atoms with Crippen molar-refractivity contribution in [2.24, 2.45) is 0 Å². The summed E-state index contributed by atoms with van der Waals surface area (Å²) in [5.41, 5.74) is 3.29. The van der Waals surface area contributed by atoms with Gasteiger partial charge in [0, 0.05) is 25.5 Å². The zero-order valence-electron chi connectivity index (χ0n) is 13.2. The highest BCUT2D eigenvalue weighted by atomic mass is 16.3. The summed E-state index contributed by atoms with van der Waals surface area (Å²) in [5.74, 6) is -0.161. The lowest BCUT2D eigenvalue weighted by Crippen LogP contribution is -2.36. The Morgan fingerprint density at radius 1 is 1.26 bits per heavy atom. The molecule has 2 N–H and O–H groups in total. The predicted octanol–water partition coefficient (Wildman–Crippen LogP) is 2.60. The van der Waals surface area contributed by atoms with Gasteiger partial charge in [0.15, 0.2) is 0 Å². The van der Waals surface area contributed by atoms with Crippen molar-refractivity contribution in [3.8, 4) is 0 Å². The van der Waals surface area contributed by atoms with Crippen molar-refractivity contribution in [2.45, 2.75) is 25.9 Å². The lowest BCUT2D eigenvalue weighted by Gasteiger charge is -2.32. The number of aliphatic hydroxyl groups is 1. The first-order valence-corrected chi connectivity index (χ1v) is 7.88. The van der Waals surface area contributed by atoms with Crippen LogP contribution in [0.3, 0.4) is 0 Å². The van der Waals surface area contributed by atoms with Crippen molar-refractivity contribution in [3.05, 3.63) is 53.9 Å². The van der Waals surface area contributed by atoms with Crippen molar-refractivity contribution >= 4 is 17.3 Å². The summed E-state index contributed by atoms with van der Waals surface area (Å²) in [6, 6.07) is 9.60. The number of anilines is 2. The average Bonchev–Trinajstić information content (AvgIpc) is 2.56. The molecule has 0 spiro atoms. The van der Waals surface area contributed by atoms with E-state index < -0.39 is 0 Å². The second kappa shape index (κ2) is 6.79. The molecule has 0 aliphatic carbocycles. The number of aryl methyl sites for hydroxylation is 1. The van der Waals surface area contributed by atoms with Gasteiger partial charge >= 0.3 is 0 Å². The fraction of sp³-hybridized carbons (Fsp3) is 0.333. The van der Waals surface area contributed by atoms with Crippen LogP contribution in [0.1, 0.15) is 28.8 Å². The Morgan fingerprint density at radius 3 is 2.74 bits per heavy atom. The maximum atomic E-state index is 12.4. The third-order valence-electron chi connectivity index (χ3n) is 4.09. The predicted molar refractivity (Wildman–Crippen MR) is 90.8 cm³/mol. The Hall–Kier alpha value is -2.40. The number of para-hydroxylation sites is 2. The van der Waals surface area contributed by atoms with Crippen LogP contribution in [0.25, 0.3) is 0 Å². The average molecular weight is 311 g/mol. The first kappa shape index (κ1) is 15.5. The number of benzene rings is 1. The molecule has 5 heteroatoms. The molecule has 1 saturated heterocycles. The minimum absolute atomic E-state index is 0.161. The van der Waals surface area contributed by atoms with Crippen LogP contribution in [0.15, 0.2) is 42.7 Å². The second-order valence-electron chi connectivity index (χ2n) is 5.94. The van der Waals surface area contributed by atoms with E-state index in [0.717, 1.165) is 42.9 Å². The van der Waals surface area contributed by atoms with Gasteiger partial charge in [0.25, 0.3) is 5.91 Å². The van der Waals surface area contributed by atoms with Gasteiger partial charge in [0.1, 0.15) is 0 Å². The molecule has 0 atom stereocenters. The molecule has 1 amide bonds. The number of hydrogen-bond acceptors (Lipinski definition) is 4. The molecule has 120 valence electrons. The summed E-state index contributed by atoms with van der Waals surface area (Å²) in [7, 11) is 0. The smallest absolute Gasteiger partial charge is 0.257 e. The number of aliphatic hydroxyl groups excluding tert-OH is 1. The molecule has 0 saturated carbocycles. The van der Waals surface area contributed by atoms with Crippen LogP contribution in [0.5, 0.6) is 0 Å². The lowest BCUT2D eigenvalue weighted by atomic mass is 10.1. The van der Waals surface area contributed by atoms with Crippen molar-refractivity contribution in [1.29, 1.82) is 0 Å². The molecule has 1 aliphatic rings. The number of carbonyl (C=O) groups is 1. The van der Waals surface area contributed by atoms with Crippen molar-refractivity contribution in [2.75, 3.05) is 23.3 Å². The molecule has 5 nitrogen and oxygen atoms in total. The highest BCUT2D eigenvalue weighted by molar-refractivity contribution is 6.05. The number of rotatable bonds is 3. The molecule has 1 aliphatic heterocycles. The number of carbonyl (C=O) groups excluding carboxylic acids is 1. The van der Waals surface area contributed by atoms with Crippen LogP contribution in [0.4, 0.5) is 11.4 Å². The number of amides is 1. The van der Waals surface area contributed by atoms with Gasteiger partial charge in [-0.3, -0.25) is 9.78 Å². The highest BCUT2D eigenvalue weighted by Crippen LogP contribution is 2.28. The van der Waals surface area contributed by atoms with E-state index >= 15 is 0 Å². The van der Waals surface area contributed by atoms with E-state index in [9.17, 15) is 9.90 Å². The summed E-state index contributed by atoms with van der Waals surface area (Å²) in [6.07, 6.45) is 4.59. The molecule has 0 unspecified atom stereocenters. The van der Waals surface area contributed by atoms with Gasteiger partial charge in [-0.05, 0) is 43.5 Å². The highest BCUT2D eigenvalue weighted by Gasteiger charge is 2.20. The van der Waals surface area contributed by atoms with Crippen molar-refractivity contribution in [3.63, 3.8) is 0 Å². The Morgan fingerprint density at radius 2 is 2.00 bits per heavy atom. The molecule has 0 bridgehead atoms. The summed E-state index contributed by atoms with van der Waals surface area (Å²) in [4.78, 5) is 18.7. The van der Waals surface area contributed by atoms with E-state index in [1.54, 1.807) is 12.4 Å². The normalized spacial score (nSPS) is 15.5. The van der Waals surface area contributed by atoms with Crippen LogP contribution in [-0.4, -0.2) is 35.2 Å². The van der Waals surface area contributed by atoms with E-state index in [1.807, 2.05) is 37.3 Å². The molecular formula is C18H21N3O2. The fourth-order valence-electron chi connectivity index (χ4n) is 2.84. The summed E-state index contributed by atoms with van der Waals surface area (Å²) >= 11 is 0. The van der Waals surface area contributed by atoms with E-state index in [0.29, 0.717) is 5.56 Å². The Kier molecular flexibility index (Phi) is 4.57. The summed E-state index contributed by atoms with van der Waals surface area (Å²) < 4.78 is 0. The number of pyridine rings is 1. The zero-order valence-corrected chi connectivity index (χ0v) is 13.2. The molecular weight excluding hydrogens is 290 g/mol. The Balaban J connectivity index is 1.79. The first-order valence-electron chi connectivity index (χ1n) is 7.88. The third kappa shape index (κ3) is 3.68. The van der Waals surface area contributed by atoms with Gasteiger partial charge in [0.2, 0.25) is 0 Å². The molecule has 1 aromatic carbocycles. The summed E-state index contributed by atoms with van der Waals surface area (Å²) in [6.45, 7) is 3.50. The minimum atomic E-state index is -0.216. The van der Waals surface area contributed by atoms with Gasteiger partial charge in [-0.1, -0.05) is 12.1 Å². The van der Waals surface area contributed by atoms with E-state index in [1.165, 1.54) is 0 Å². The van der Waals surface area contributed by atoms with E-state index in [-0.39, 0.29) is 12.0 Å². The van der Waals surface area contributed by atoms with Gasteiger partial charge in [-0.15, -0.1) is 0 Å². The lowest BCUT2D eigenvalue weighted by molar-refractivity contribution is 0.102. The number of piperidine rings is 1. The number of nitrogens with one attached hydrogen (secondary N) is 1. The second-order valence-corrected chi connectivity index (χ2v) is 5.94. The number of hydrogen-bond donors (Lipinski definition) is 2. The fourth-order valence-corrected chi connectivity index (χ4v) is 2.84. The maximum Gasteiger partial charge on any atom is 0.257 e. The zero-order chi connectivity index (χ0) is 16.2. The summed E-state index contributed by atoms with van der Waals surface area (Å²) in [5, 5.41) is 12.6. The molecule has 2 heterocycles. The number of aromatic nitrogens is 1. The van der Waals surface area contributed by atoms with E-state index in [2.05, 4.69) is 15.2 Å². The van der Waals surface area contributed by atoms with Crippen LogP contribution in [0.2, 0.25) is 0 Å². The van der Waals surface area contributed by atoms with Crippen LogP contribution >= 0.6 is 0 Å². The molecule has 23 heavy (non-hydrogen) atoms. The molecule has 1 aromatic heterocycles. The van der Waals surface area contributed by atoms with Crippen molar-refractivity contribution < 1.29 is 9.90 Å². The minimum Gasteiger partial charge on any atom is -0.393 e. The molecule has 1 fully saturated rings. The molecule has 0 radical (unpaired) electrons. The SMILES string of the molecule is Cc1cncc(C(=O)Nc2ccccc2N2CCC(O)CC2)c1. The molecule has 3 rings (SSSR count). The third-order valence-corrected chi connectivity index (χ3v) is 4.09. The Labute approximate surface area is 136 Å². The molecule has 2 aromatic rings. The standard InChI is InChI=1S/C18H21N3O2/c1-13-10-14(12-19-11-13)18(23)20-16-4-2-3-5-17(16)21-8-6-15(22)7-9-21/h2-5,10-12,15,22H,6-9H2,1H3,(H,20,23). The van der Waals surface area contributed by atoms with Gasteiger partial charge < -0.3 is 15.3 Å². The van der Waals surface area contributed by atoms with E-state index in [4.69, 9.17) is 0 Å². The Bertz CT molecular complexity index is 694. The van der Waals surface area contributed by atoms with Crippen LogP contribution in [-0.2, 0) is 0 Å². The van der Waals surface area contributed by atoms with Crippen LogP contribution in [0, 0.1) is 6.92 Å². The first-order chi connectivity index (χ1) is 11.1. The largest absolute Gasteiger partial charge is 0.393 e. The topological polar surface area (TPSA) is 65.5 Å². The number of nitrogens with zero attached hydrogens (tertiary/aromatic N) is 2. The van der Waals surface area contributed by atoms with Crippen LogP contribution < -0.4 is 10.2 Å². The van der Waals surface area contributed by atoms with Gasteiger partial charge in [-0.2, -0.15) is 0 Å². The maximum absolute atomic E-state index is 12.4. The monoisotopic (exact) mass is 311 g/mol. The van der Waals surface area contributed by atoms with Gasteiger partial charge in [-0.25, -0.2) is 0 Å². The van der Waals surface area contributed by atoms with Crippen molar-refractivity contribution in [1.82, 2.24) is 4.98 Å². The van der Waals surface area contributed by atoms with Gasteiger partial charge in [0.05, 0.1) is 23.0 Å².